The number of pyridine rings is 1. The molecule has 9 heteroatoms. The van der Waals surface area contributed by atoms with Crippen LogP contribution < -0.4 is 15.0 Å². The predicted molar refractivity (Wildman–Crippen MR) is 145 cm³/mol. The standard InChI is InChI=1S/C28H32ClF2N5O/c1-19-22(20-3-5-21(6-4-20)37-16-15-35-13-11-34(2)12-14-35)17-33-28-27(19)36(10-9-32-28)18-23-24(30)7-8-25(31)26(23)29/h3-8,17H,9-16,18H2,1-2H3,(H,32,33). The average molecular weight is 528 g/mol. The molecule has 196 valence electrons. The fraction of sp³-hybridized carbons (Fsp3) is 0.393. The van der Waals surface area contributed by atoms with Crippen LogP contribution in [0.2, 0.25) is 5.02 Å². The van der Waals surface area contributed by atoms with Crippen LogP contribution in [0.25, 0.3) is 11.1 Å². The number of nitrogens with one attached hydrogen (secondary N) is 1. The Hall–Kier alpha value is -2.94. The van der Waals surface area contributed by atoms with Gasteiger partial charge in [0.15, 0.2) is 0 Å². The fourth-order valence-electron chi connectivity index (χ4n) is 4.98. The first kappa shape index (κ1) is 25.7. The van der Waals surface area contributed by atoms with Crippen molar-refractivity contribution in [2.45, 2.75) is 13.5 Å². The van der Waals surface area contributed by atoms with E-state index in [4.69, 9.17) is 16.3 Å². The first-order chi connectivity index (χ1) is 17.9. The van der Waals surface area contributed by atoms with Gasteiger partial charge < -0.3 is 19.9 Å². The molecule has 0 amide bonds. The lowest BCUT2D eigenvalue weighted by Gasteiger charge is -2.34. The van der Waals surface area contributed by atoms with Crippen molar-refractivity contribution in [2.24, 2.45) is 0 Å². The van der Waals surface area contributed by atoms with Gasteiger partial charge in [0.2, 0.25) is 0 Å². The Morgan fingerprint density at radius 3 is 2.49 bits per heavy atom. The number of benzene rings is 2. The molecule has 0 unspecified atom stereocenters. The van der Waals surface area contributed by atoms with Crippen LogP contribution in [0.5, 0.6) is 5.75 Å². The third kappa shape index (κ3) is 5.66. The van der Waals surface area contributed by atoms with E-state index >= 15 is 0 Å². The third-order valence-corrected chi connectivity index (χ3v) is 7.63. The molecule has 2 aromatic carbocycles. The van der Waals surface area contributed by atoms with Crippen molar-refractivity contribution in [1.82, 2.24) is 14.8 Å². The Morgan fingerprint density at radius 2 is 1.73 bits per heavy atom. The normalized spacial score (nSPS) is 16.4. The predicted octanol–water partition coefficient (Wildman–Crippen LogP) is 5.05. The van der Waals surface area contributed by atoms with Crippen molar-refractivity contribution in [3.8, 4) is 16.9 Å². The third-order valence-electron chi connectivity index (χ3n) is 7.22. The molecule has 3 heterocycles. The second kappa shape index (κ2) is 11.2. The first-order valence-electron chi connectivity index (χ1n) is 12.7. The summed E-state index contributed by atoms with van der Waals surface area (Å²) in [5.74, 6) is 0.421. The van der Waals surface area contributed by atoms with E-state index in [-0.39, 0.29) is 17.1 Å². The molecule has 2 aliphatic rings. The number of anilines is 2. The zero-order valence-electron chi connectivity index (χ0n) is 21.2. The summed E-state index contributed by atoms with van der Waals surface area (Å²) in [5, 5.41) is 3.14. The maximum absolute atomic E-state index is 14.5. The molecule has 1 fully saturated rings. The van der Waals surface area contributed by atoms with Gasteiger partial charge in [-0.05, 0) is 49.4 Å². The fourth-order valence-corrected chi connectivity index (χ4v) is 5.19. The minimum Gasteiger partial charge on any atom is -0.492 e. The molecule has 2 aliphatic heterocycles. The van der Waals surface area contributed by atoms with Gasteiger partial charge in [-0.2, -0.15) is 0 Å². The summed E-state index contributed by atoms with van der Waals surface area (Å²) >= 11 is 6.12. The SMILES string of the molecule is Cc1c(-c2ccc(OCCN3CCN(C)CC3)cc2)cnc2c1N(Cc1c(F)ccc(F)c1Cl)CCN2. The molecule has 3 aromatic rings. The van der Waals surface area contributed by atoms with Crippen molar-refractivity contribution in [3.05, 3.63) is 70.4 Å². The zero-order valence-corrected chi connectivity index (χ0v) is 22.0. The number of fused-ring (bicyclic) bond motifs is 1. The summed E-state index contributed by atoms with van der Waals surface area (Å²) in [6.45, 7) is 9.37. The molecule has 5 rings (SSSR count). The van der Waals surface area contributed by atoms with Gasteiger partial charge in [0.05, 0.1) is 10.7 Å². The van der Waals surface area contributed by atoms with E-state index in [9.17, 15) is 8.78 Å². The minimum absolute atomic E-state index is 0.150. The van der Waals surface area contributed by atoms with E-state index in [0.717, 1.165) is 78.8 Å². The average Bonchev–Trinajstić information content (AvgIpc) is 2.91. The molecule has 1 N–H and O–H groups in total. The van der Waals surface area contributed by atoms with Crippen LogP contribution in [0.3, 0.4) is 0 Å². The largest absolute Gasteiger partial charge is 0.492 e. The van der Waals surface area contributed by atoms with E-state index in [2.05, 4.69) is 27.1 Å². The molecule has 0 atom stereocenters. The lowest BCUT2D eigenvalue weighted by atomic mass is 9.99. The summed E-state index contributed by atoms with van der Waals surface area (Å²) in [7, 11) is 2.16. The molecule has 0 aliphatic carbocycles. The van der Waals surface area contributed by atoms with E-state index in [1.807, 2.05) is 42.3 Å². The van der Waals surface area contributed by atoms with Crippen molar-refractivity contribution in [2.75, 3.05) is 69.7 Å². The second-order valence-electron chi connectivity index (χ2n) is 9.68. The van der Waals surface area contributed by atoms with Gasteiger partial charge in [-0.3, -0.25) is 4.90 Å². The van der Waals surface area contributed by atoms with E-state index in [0.29, 0.717) is 19.7 Å². The van der Waals surface area contributed by atoms with Crippen molar-refractivity contribution < 1.29 is 13.5 Å². The number of rotatable bonds is 7. The second-order valence-corrected chi connectivity index (χ2v) is 10.1. The van der Waals surface area contributed by atoms with E-state index < -0.39 is 11.6 Å². The van der Waals surface area contributed by atoms with Crippen LogP contribution in [-0.2, 0) is 6.54 Å². The lowest BCUT2D eigenvalue weighted by Crippen LogP contribution is -2.45. The van der Waals surface area contributed by atoms with Crippen LogP contribution in [0.15, 0.2) is 42.6 Å². The molecular formula is C28H32ClF2N5O. The van der Waals surface area contributed by atoms with Crippen molar-refractivity contribution >= 4 is 23.1 Å². The Balaban J connectivity index is 1.31. The van der Waals surface area contributed by atoms with E-state index in [1.54, 1.807) is 0 Å². The first-order valence-corrected chi connectivity index (χ1v) is 13.0. The van der Waals surface area contributed by atoms with Gasteiger partial charge in [-0.1, -0.05) is 23.7 Å². The van der Waals surface area contributed by atoms with Gasteiger partial charge in [0, 0.05) is 69.7 Å². The van der Waals surface area contributed by atoms with E-state index in [1.165, 1.54) is 0 Å². The number of likely N-dealkylation sites (N-methyl/N-ethyl adjacent to an activating group) is 1. The molecule has 0 radical (unpaired) electrons. The maximum atomic E-state index is 14.5. The highest BCUT2D eigenvalue weighted by Crippen LogP contribution is 2.38. The molecular weight excluding hydrogens is 496 g/mol. The summed E-state index contributed by atoms with van der Waals surface area (Å²) in [5.41, 5.74) is 4.02. The van der Waals surface area contributed by atoms with Crippen molar-refractivity contribution in [1.29, 1.82) is 0 Å². The highest BCUT2D eigenvalue weighted by molar-refractivity contribution is 6.31. The Kier molecular flexibility index (Phi) is 7.79. The van der Waals surface area contributed by atoms with Crippen LogP contribution in [0, 0.1) is 18.6 Å². The van der Waals surface area contributed by atoms with Crippen LogP contribution in [0.1, 0.15) is 11.1 Å². The number of piperazine rings is 1. The van der Waals surface area contributed by atoms with Gasteiger partial charge in [0.25, 0.3) is 0 Å². The number of hydrogen-bond acceptors (Lipinski definition) is 6. The Morgan fingerprint density at radius 1 is 1.00 bits per heavy atom. The number of nitrogens with zero attached hydrogens (tertiary/aromatic N) is 4. The summed E-state index contributed by atoms with van der Waals surface area (Å²) < 4.78 is 34.6. The van der Waals surface area contributed by atoms with Gasteiger partial charge in [0.1, 0.15) is 29.8 Å². The zero-order chi connectivity index (χ0) is 25.9. The van der Waals surface area contributed by atoms with Crippen LogP contribution >= 0.6 is 11.6 Å². The molecule has 1 aromatic heterocycles. The Labute approximate surface area is 221 Å². The number of ether oxygens (including phenoxy) is 1. The topological polar surface area (TPSA) is 43.9 Å². The Bertz CT molecular complexity index is 1250. The quantitative estimate of drug-likeness (QED) is 0.434. The molecule has 1 saturated heterocycles. The van der Waals surface area contributed by atoms with Crippen molar-refractivity contribution in [3.63, 3.8) is 0 Å². The van der Waals surface area contributed by atoms with Crippen LogP contribution in [-0.4, -0.2) is 74.3 Å². The molecule has 37 heavy (non-hydrogen) atoms. The highest BCUT2D eigenvalue weighted by Gasteiger charge is 2.25. The summed E-state index contributed by atoms with van der Waals surface area (Å²) in [4.78, 5) is 11.4. The number of aromatic nitrogens is 1. The van der Waals surface area contributed by atoms with Gasteiger partial charge in [-0.15, -0.1) is 0 Å². The summed E-state index contributed by atoms with van der Waals surface area (Å²) in [6.07, 6.45) is 1.85. The highest BCUT2D eigenvalue weighted by atomic mass is 35.5. The number of halogens is 3. The monoisotopic (exact) mass is 527 g/mol. The van der Waals surface area contributed by atoms with Gasteiger partial charge >= 0.3 is 0 Å². The molecule has 6 nitrogen and oxygen atoms in total. The molecule has 0 saturated carbocycles. The minimum atomic E-state index is -0.622. The number of hydrogen-bond donors (Lipinski definition) is 1. The molecule has 0 spiro atoms. The maximum Gasteiger partial charge on any atom is 0.149 e. The van der Waals surface area contributed by atoms with Gasteiger partial charge in [-0.25, -0.2) is 13.8 Å². The van der Waals surface area contributed by atoms with Crippen LogP contribution in [0.4, 0.5) is 20.3 Å². The smallest absolute Gasteiger partial charge is 0.149 e. The lowest BCUT2D eigenvalue weighted by molar-refractivity contribution is 0.134. The summed E-state index contributed by atoms with van der Waals surface area (Å²) in [6, 6.07) is 10.2. The molecule has 0 bridgehead atoms.